The topological polar surface area (TPSA) is 83.8 Å². The molecule has 2 N–H and O–H groups in total. The molecule has 1 fully saturated rings. The first-order valence-electron chi connectivity index (χ1n) is 9.44. The second-order valence-corrected chi connectivity index (χ2v) is 7.23. The molecular weight excluding hydrogens is 394 g/mol. The Labute approximate surface area is 174 Å². The summed E-state index contributed by atoms with van der Waals surface area (Å²) in [4.78, 5) is 26.3. The molecule has 0 radical (unpaired) electrons. The van der Waals surface area contributed by atoms with Crippen molar-refractivity contribution in [2.45, 2.75) is 12.8 Å². The first-order valence-corrected chi connectivity index (χ1v) is 9.82. The molecule has 29 heavy (non-hydrogen) atoms. The number of amides is 3. The third kappa shape index (κ3) is 6.02. The van der Waals surface area contributed by atoms with E-state index in [2.05, 4.69) is 10.6 Å². The first-order chi connectivity index (χ1) is 14.0. The summed E-state index contributed by atoms with van der Waals surface area (Å²) in [5.41, 5.74) is 0.515. The molecule has 1 aliphatic heterocycles. The molecule has 3 rings (SSSR count). The highest BCUT2D eigenvalue weighted by atomic mass is 35.5. The maximum Gasteiger partial charge on any atom is 0.319 e. The van der Waals surface area contributed by atoms with E-state index in [1.165, 1.54) is 13.2 Å². The zero-order valence-electron chi connectivity index (χ0n) is 16.2. The van der Waals surface area contributed by atoms with Gasteiger partial charge in [0.1, 0.15) is 11.5 Å². The number of hydrogen-bond acceptors (Lipinski definition) is 4. The predicted molar refractivity (Wildman–Crippen MR) is 112 cm³/mol. The van der Waals surface area contributed by atoms with Gasteiger partial charge in [0.25, 0.3) is 0 Å². The van der Waals surface area contributed by atoms with E-state index in [9.17, 15) is 9.59 Å². The number of methoxy groups -OCH3 is 1. The zero-order valence-corrected chi connectivity index (χ0v) is 16.9. The van der Waals surface area contributed by atoms with Crippen LogP contribution in [0.3, 0.4) is 0 Å². The average molecular weight is 418 g/mol. The molecule has 0 bridgehead atoms. The smallest absolute Gasteiger partial charge is 0.319 e. The van der Waals surface area contributed by atoms with E-state index < -0.39 is 0 Å². The minimum atomic E-state index is -0.314. The maximum absolute atomic E-state index is 12.3. The molecule has 1 aliphatic rings. The number of rotatable bonds is 6. The van der Waals surface area contributed by atoms with Crippen LogP contribution in [-0.4, -0.2) is 43.6 Å². The molecule has 0 atom stereocenters. The molecular formula is C21H24ClN3O4. The Hall–Kier alpha value is -2.93. The lowest BCUT2D eigenvalue weighted by Crippen LogP contribution is -2.41. The fourth-order valence-electron chi connectivity index (χ4n) is 3.18. The largest absolute Gasteiger partial charge is 0.495 e. The van der Waals surface area contributed by atoms with Crippen molar-refractivity contribution in [3.05, 3.63) is 53.5 Å². The van der Waals surface area contributed by atoms with E-state index in [0.29, 0.717) is 47.8 Å². The lowest BCUT2D eigenvalue weighted by Gasteiger charge is -2.31. The van der Waals surface area contributed by atoms with Crippen LogP contribution in [0, 0.1) is 5.92 Å². The van der Waals surface area contributed by atoms with Crippen LogP contribution < -0.4 is 15.4 Å². The number of benzene rings is 1. The lowest BCUT2D eigenvalue weighted by atomic mass is 9.97. The Morgan fingerprint density at radius 1 is 1.31 bits per heavy atom. The number of anilines is 1. The molecule has 0 aliphatic carbocycles. The molecule has 1 aromatic carbocycles. The first kappa shape index (κ1) is 20.8. The molecule has 0 unspecified atom stereocenters. The highest BCUT2D eigenvalue weighted by Gasteiger charge is 2.22. The summed E-state index contributed by atoms with van der Waals surface area (Å²) in [5, 5.41) is 6.15. The van der Waals surface area contributed by atoms with Crippen LogP contribution in [0.15, 0.2) is 47.1 Å². The van der Waals surface area contributed by atoms with E-state index in [1.54, 1.807) is 42.7 Å². The van der Waals surface area contributed by atoms with Gasteiger partial charge in [0.15, 0.2) is 0 Å². The number of ether oxygens (including phenoxy) is 1. The summed E-state index contributed by atoms with van der Waals surface area (Å²) in [6.45, 7) is 1.87. The number of halogens is 1. The van der Waals surface area contributed by atoms with Gasteiger partial charge in [-0.05, 0) is 55.2 Å². The normalized spacial score (nSPS) is 14.8. The number of furan rings is 1. The van der Waals surface area contributed by atoms with Gasteiger partial charge in [0, 0.05) is 30.7 Å². The summed E-state index contributed by atoms with van der Waals surface area (Å²) in [6, 6.07) is 8.30. The van der Waals surface area contributed by atoms with Crippen molar-refractivity contribution in [1.82, 2.24) is 10.2 Å². The molecule has 8 heteroatoms. The molecule has 0 spiro atoms. The third-order valence-electron chi connectivity index (χ3n) is 4.82. The zero-order chi connectivity index (χ0) is 20.6. The van der Waals surface area contributed by atoms with Crippen LogP contribution >= 0.6 is 11.6 Å². The van der Waals surface area contributed by atoms with Gasteiger partial charge in [-0.2, -0.15) is 0 Å². The fraction of sp³-hybridized carbons (Fsp3) is 0.333. The molecule has 154 valence electrons. The summed E-state index contributed by atoms with van der Waals surface area (Å²) < 4.78 is 10.4. The van der Waals surface area contributed by atoms with E-state index in [0.717, 1.165) is 12.8 Å². The number of nitrogens with one attached hydrogen (secondary N) is 2. The van der Waals surface area contributed by atoms with Crippen LogP contribution in [0.1, 0.15) is 18.6 Å². The molecule has 1 aromatic heterocycles. The van der Waals surface area contributed by atoms with Crippen molar-refractivity contribution in [1.29, 1.82) is 0 Å². The lowest BCUT2D eigenvalue weighted by molar-refractivity contribution is -0.127. The SMILES string of the molecule is COc1ccc(Cl)cc1NC(=O)NCC1CCN(C(=O)/C=C/c2ccco2)CC1. The molecule has 7 nitrogen and oxygen atoms in total. The van der Waals surface area contributed by atoms with Crippen molar-refractivity contribution in [3.63, 3.8) is 0 Å². The Balaban J connectivity index is 1.41. The molecule has 2 aromatic rings. The Morgan fingerprint density at radius 2 is 2.10 bits per heavy atom. The number of nitrogens with zero attached hydrogens (tertiary/aromatic N) is 1. The Morgan fingerprint density at radius 3 is 2.79 bits per heavy atom. The van der Waals surface area contributed by atoms with Gasteiger partial charge in [-0.25, -0.2) is 4.79 Å². The number of likely N-dealkylation sites (tertiary alicyclic amines) is 1. The minimum Gasteiger partial charge on any atom is -0.495 e. The monoisotopic (exact) mass is 417 g/mol. The van der Waals surface area contributed by atoms with Gasteiger partial charge in [-0.3, -0.25) is 4.79 Å². The van der Waals surface area contributed by atoms with E-state index in [4.69, 9.17) is 20.8 Å². The number of carbonyl (C=O) groups excluding carboxylic acids is 2. The molecule has 3 amide bonds. The Kier molecular flexibility index (Phi) is 7.19. The van der Waals surface area contributed by atoms with Crippen LogP contribution in [0.5, 0.6) is 5.75 Å². The fourth-order valence-corrected chi connectivity index (χ4v) is 3.36. The molecule has 2 heterocycles. The van der Waals surface area contributed by atoms with Crippen molar-refractivity contribution in [2.24, 2.45) is 5.92 Å². The number of urea groups is 1. The summed E-state index contributed by atoms with van der Waals surface area (Å²) >= 11 is 5.98. The third-order valence-corrected chi connectivity index (χ3v) is 5.06. The second-order valence-electron chi connectivity index (χ2n) is 6.80. The van der Waals surface area contributed by atoms with Crippen LogP contribution in [0.25, 0.3) is 6.08 Å². The molecule has 1 saturated heterocycles. The van der Waals surface area contributed by atoms with E-state index in [-0.39, 0.29) is 11.9 Å². The Bertz CT molecular complexity index is 859. The van der Waals surface area contributed by atoms with E-state index >= 15 is 0 Å². The number of hydrogen-bond donors (Lipinski definition) is 2. The summed E-state index contributed by atoms with van der Waals surface area (Å²) in [7, 11) is 1.53. The minimum absolute atomic E-state index is 0.0291. The van der Waals surface area contributed by atoms with Gasteiger partial charge in [0.05, 0.1) is 19.1 Å². The van der Waals surface area contributed by atoms with Gasteiger partial charge in [-0.15, -0.1) is 0 Å². The highest BCUT2D eigenvalue weighted by molar-refractivity contribution is 6.31. The van der Waals surface area contributed by atoms with Crippen LogP contribution in [0.4, 0.5) is 10.5 Å². The average Bonchev–Trinajstić information content (AvgIpc) is 3.25. The van der Waals surface area contributed by atoms with Crippen LogP contribution in [0.2, 0.25) is 5.02 Å². The van der Waals surface area contributed by atoms with Gasteiger partial charge >= 0.3 is 6.03 Å². The molecule has 0 saturated carbocycles. The van der Waals surface area contributed by atoms with Gasteiger partial charge < -0.3 is 24.7 Å². The van der Waals surface area contributed by atoms with Crippen LogP contribution in [-0.2, 0) is 4.79 Å². The van der Waals surface area contributed by atoms with Crippen molar-refractivity contribution >= 4 is 35.3 Å². The van der Waals surface area contributed by atoms with Gasteiger partial charge in [-0.1, -0.05) is 11.6 Å². The number of piperidine rings is 1. The highest BCUT2D eigenvalue weighted by Crippen LogP contribution is 2.27. The predicted octanol–water partition coefficient (Wildman–Crippen LogP) is 4.02. The second kappa shape index (κ2) is 10.0. The summed E-state index contributed by atoms with van der Waals surface area (Å²) in [5.74, 6) is 1.48. The van der Waals surface area contributed by atoms with Gasteiger partial charge in [0.2, 0.25) is 5.91 Å². The van der Waals surface area contributed by atoms with Crippen molar-refractivity contribution in [2.75, 3.05) is 32.1 Å². The standard InChI is InChI=1S/C21H24ClN3O4/c1-28-19-6-4-16(22)13-18(19)24-21(27)23-14-15-8-10-25(11-9-15)20(26)7-5-17-3-2-12-29-17/h2-7,12-13,15H,8-11,14H2,1H3,(H2,23,24,27)/b7-5+. The van der Waals surface area contributed by atoms with E-state index in [1.807, 2.05) is 4.90 Å². The van der Waals surface area contributed by atoms with Crippen molar-refractivity contribution in [3.8, 4) is 5.75 Å². The maximum atomic E-state index is 12.3. The summed E-state index contributed by atoms with van der Waals surface area (Å²) in [6.07, 6.45) is 6.44. The quantitative estimate of drug-likeness (QED) is 0.695. The number of carbonyl (C=O) groups is 2. The van der Waals surface area contributed by atoms with Crippen molar-refractivity contribution < 1.29 is 18.7 Å².